The van der Waals surface area contributed by atoms with Crippen LogP contribution >= 0.6 is 0 Å². The van der Waals surface area contributed by atoms with Crippen LogP contribution in [0.2, 0.25) is 0 Å². The van der Waals surface area contributed by atoms with Gasteiger partial charge in [-0.15, -0.1) is 0 Å². The minimum absolute atomic E-state index is 0.246. The monoisotopic (exact) mass is 330 g/mol. The van der Waals surface area contributed by atoms with Gasteiger partial charge in [0.1, 0.15) is 5.82 Å². The molecule has 1 unspecified atom stereocenters. The van der Waals surface area contributed by atoms with Crippen LogP contribution in [-0.4, -0.2) is 43.4 Å². The molecule has 0 saturated carbocycles. The highest BCUT2D eigenvalue weighted by molar-refractivity contribution is 5.61. The number of anilines is 3. The molecule has 0 radical (unpaired) electrons. The third-order valence-electron chi connectivity index (χ3n) is 3.82. The topological polar surface area (TPSA) is 77.5 Å². The molecule has 2 N–H and O–H groups in total. The summed E-state index contributed by atoms with van der Waals surface area (Å²) < 4.78 is 16.1. The summed E-state index contributed by atoms with van der Waals surface area (Å²) in [5.41, 5.74) is 0.858. The molecule has 1 saturated heterocycles. The van der Waals surface area contributed by atoms with E-state index in [1.807, 2.05) is 24.3 Å². The minimum Gasteiger partial charge on any atom is -0.493 e. The molecular weight excluding hydrogens is 308 g/mol. The second kappa shape index (κ2) is 7.83. The Kier molecular flexibility index (Phi) is 5.32. The maximum Gasteiger partial charge on any atom is 0.224 e. The number of aromatic nitrogens is 2. The van der Waals surface area contributed by atoms with Crippen LogP contribution < -0.4 is 20.1 Å². The van der Waals surface area contributed by atoms with Crippen LogP contribution in [0.15, 0.2) is 30.5 Å². The molecule has 2 heterocycles. The van der Waals surface area contributed by atoms with Crippen LogP contribution in [0.3, 0.4) is 0 Å². The van der Waals surface area contributed by atoms with Crippen LogP contribution in [-0.2, 0) is 4.74 Å². The smallest absolute Gasteiger partial charge is 0.224 e. The van der Waals surface area contributed by atoms with E-state index in [0.717, 1.165) is 31.7 Å². The molecule has 1 aliphatic heterocycles. The summed E-state index contributed by atoms with van der Waals surface area (Å²) in [6.07, 6.45) is 4.16. The standard InChI is InChI=1S/C17H22N4O3/c1-22-14-6-5-12(10-15(14)23-2)20-16-7-8-18-17(21-16)19-11-13-4-3-9-24-13/h5-8,10,13H,3-4,9,11H2,1-2H3,(H2,18,19,20,21). The Labute approximate surface area is 141 Å². The van der Waals surface area contributed by atoms with Gasteiger partial charge in [0.15, 0.2) is 11.5 Å². The molecular formula is C17H22N4O3. The highest BCUT2D eigenvalue weighted by Gasteiger charge is 2.15. The van der Waals surface area contributed by atoms with E-state index >= 15 is 0 Å². The Morgan fingerprint density at radius 1 is 1.21 bits per heavy atom. The van der Waals surface area contributed by atoms with E-state index in [4.69, 9.17) is 14.2 Å². The van der Waals surface area contributed by atoms with Gasteiger partial charge in [-0.05, 0) is 31.0 Å². The molecule has 1 atom stereocenters. The Hall–Kier alpha value is -2.54. The fourth-order valence-electron chi connectivity index (χ4n) is 2.59. The molecule has 7 nitrogen and oxygen atoms in total. The van der Waals surface area contributed by atoms with E-state index in [-0.39, 0.29) is 6.10 Å². The molecule has 7 heteroatoms. The Morgan fingerprint density at radius 2 is 2.08 bits per heavy atom. The number of methoxy groups -OCH3 is 2. The van der Waals surface area contributed by atoms with Gasteiger partial charge in [0.2, 0.25) is 5.95 Å². The number of benzene rings is 1. The number of rotatable bonds is 7. The molecule has 1 aromatic carbocycles. The highest BCUT2D eigenvalue weighted by Crippen LogP contribution is 2.30. The molecule has 2 aromatic rings. The lowest BCUT2D eigenvalue weighted by Gasteiger charge is -2.13. The zero-order valence-corrected chi connectivity index (χ0v) is 13.9. The van der Waals surface area contributed by atoms with Gasteiger partial charge in [0.25, 0.3) is 0 Å². The van der Waals surface area contributed by atoms with E-state index in [1.54, 1.807) is 20.4 Å². The third-order valence-corrected chi connectivity index (χ3v) is 3.82. The van der Waals surface area contributed by atoms with Gasteiger partial charge in [0.05, 0.1) is 20.3 Å². The lowest BCUT2D eigenvalue weighted by molar-refractivity contribution is 0.120. The second-order valence-electron chi connectivity index (χ2n) is 5.48. The van der Waals surface area contributed by atoms with Crippen molar-refractivity contribution in [2.24, 2.45) is 0 Å². The second-order valence-corrected chi connectivity index (χ2v) is 5.48. The van der Waals surface area contributed by atoms with E-state index in [0.29, 0.717) is 23.3 Å². The molecule has 128 valence electrons. The number of nitrogens with one attached hydrogen (secondary N) is 2. The van der Waals surface area contributed by atoms with Gasteiger partial charge in [0, 0.05) is 31.1 Å². The summed E-state index contributed by atoms with van der Waals surface area (Å²) in [6, 6.07) is 7.43. The average Bonchev–Trinajstić information content (AvgIpc) is 3.14. The molecule has 0 aliphatic carbocycles. The van der Waals surface area contributed by atoms with Crippen molar-refractivity contribution in [3.63, 3.8) is 0 Å². The Bertz CT molecular complexity index is 675. The summed E-state index contributed by atoms with van der Waals surface area (Å²) in [4.78, 5) is 8.71. The molecule has 1 aliphatic rings. The summed E-state index contributed by atoms with van der Waals surface area (Å²) in [5, 5.41) is 6.46. The number of nitrogens with zero attached hydrogens (tertiary/aromatic N) is 2. The minimum atomic E-state index is 0.246. The van der Waals surface area contributed by atoms with Crippen molar-refractivity contribution in [1.29, 1.82) is 0 Å². The summed E-state index contributed by atoms with van der Waals surface area (Å²) >= 11 is 0. The van der Waals surface area contributed by atoms with Crippen molar-refractivity contribution >= 4 is 17.5 Å². The van der Waals surface area contributed by atoms with Crippen molar-refractivity contribution in [2.75, 3.05) is 38.0 Å². The molecule has 0 amide bonds. The number of hydrogen-bond acceptors (Lipinski definition) is 7. The normalized spacial score (nSPS) is 16.7. The van der Waals surface area contributed by atoms with Crippen molar-refractivity contribution < 1.29 is 14.2 Å². The first-order valence-corrected chi connectivity index (χ1v) is 7.96. The Balaban J connectivity index is 1.65. The largest absolute Gasteiger partial charge is 0.493 e. The quantitative estimate of drug-likeness (QED) is 0.808. The van der Waals surface area contributed by atoms with Gasteiger partial charge in [-0.2, -0.15) is 4.98 Å². The summed E-state index contributed by atoms with van der Waals surface area (Å²) in [5.74, 6) is 2.63. The first-order chi connectivity index (χ1) is 11.8. The zero-order valence-electron chi connectivity index (χ0n) is 13.9. The van der Waals surface area contributed by atoms with Crippen molar-refractivity contribution in [2.45, 2.75) is 18.9 Å². The lowest BCUT2D eigenvalue weighted by atomic mass is 10.2. The van der Waals surface area contributed by atoms with Crippen LogP contribution in [0.25, 0.3) is 0 Å². The average molecular weight is 330 g/mol. The van der Waals surface area contributed by atoms with Crippen LogP contribution in [0.1, 0.15) is 12.8 Å². The molecule has 24 heavy (non-hydrogen) atoms. The summed E-state index contributed by atoms with van der Waals surface area (Å²) in [6.45, 7) is 1.56. The Morgan fingerprint density at radius 3 is 2.83 bits per heavy atom. The van der Waals surface area contributed by atoms with Crippen molar-refractivity contribution in [3.05, 3.63) is 30.5 Å². The predicted octanol–water partition coefficient (Wildman–Crippen LogP) is 2.83. The first kappa shape index (κ1) is 16.3. The third kappa shape index (κ3) is 4.05. The zero-order chi connectivity index (χ0) is 16.8. The van der Waals surface area contributed by atoms with Crippen molar-refractivity contribution in [1.82, 2.24) is 9.97 Å². The molecule has 1 aromatic heterocycles. The summed E-state index contributed by atoms with van der Waals surface area (Å²) in [7, 11) is 3.22. The van der Waals surface area contributed by atoms with Crippen LogP contribution in [0.4, 0.5) is 17.5 Å². The fraction of sp³-hybridized carbons (Fsp3) is 0.412. The molecule has 3 rings (SSSR count). The van der Waals surface area contributed by atoms with Crippen molar-refractivity contribution in [3.8, 4) is 11.5 Å². The maximum absolute atomic E-state index is 5.59. The van der Waals surface area contributed by atoms with Gasteiger partial charge < -0.3 is 24.8 Å². The number of ether oxygens (including phenoxy) is 3. The van der Waals surface area contributed by atoms with Gasteiger partial charge in [-0.3, -0.25) is 0 Å². The van der Waals surface area contributed by atoms with Gasteiger partial charge in [-0.1, -0.05) is 0 Å². The maximum atomic E-state index is 5.59. The van der Waals surface area contributed by atoms with E-state index in [1.165, 1.54) is 0 Å². The fourth-order valence-corrected chi connectivity index (χ4v) is 2.59. The number of hydrogen-bond donors (Lipinski definition) is 2. The lowest BCUT2D eigenvalue weighted by Crippen LogP contribution is -2.19. The SMILES string of the molecule is COc1ccc(Nc2ccnc(NCC3CCCO3)n2)cc1OC. The predicted molar refractivity (Wildman–Crippen MR) is 92.3 cm³/mol. The molecule has 1 fully saturated rings. The van der Waals surface area contributed by atoms with E-state index in [9.17, 15) is 0 Å². The van der Waals surface area contributed by atoms with E-state index < -0.39 is 0 Å². The van der Waals surface area contributed by atoms with Crippen LogP contribution in [0, 0.1) is 0 Å². The first-order valence-electron chi connectivity index (χ1n) is 7.96. The van der Waals surface area contributed by atoms with E-state index in [2.05, 4.69) is 20.6 Å². The van der Waals surface area contributed by atoms with Gasteiger partial charge in [-0.25, -0.2) is 4.98 Å². The molecule has 0 spiro atoms. The molecule has 0 bridgehead atoms. The van der Waals surface area contributed by atoms with Gasteiger partial charge >= 0.3 is 0 Å². The van der Waals surface area contributed by atoms with Crippen LogP contribution in [0.5, 0.6) is 11.5 Å². The highest BCUT2D eigenvalue weighted by atomic mass is 16.5.